The number of ketones is 1. The van der Waals surface area contributed by atoms with Crippen LogP contribution in [0, 0.1) is 6.92 Å². The lowest BCUT2D eigenvalue weighted by atomic mass is 10.0. The van der Waals surface area contributed by atoms with Crippen molar-refractivity contribution in [3.63, 3.8) is 0 Å². The van der Waals surface area contributed by atoms with E-state index in [1.54, 1.807) is 13.1 Å². The molecular weight excluding hydrogens is 296 g/mol. The van der Waals surface area contributed by atoms with Crippen LogP contribution >= 0.6 is 11.8 Å². The van der Waals surface area contributed by atoms with Gasteiger partial charge in [-0.05, 0) is 26.7 Å². The maximum absolute atomic E-state index is 11.5. The number of Topliss-reactive ketones (excluding diaryl/α,β-unsaturated/α-hetero) is 1. The van der Waals surface area contributed by atoms with Gasteiger partial charge in [0.25, 0.3) is 0 Å². The number of hydrogen-bond donors (Lipinski definition) is 0. The molecule has 0 N–H and O–H groups in total. The van der Waals surface area contributed by atoms with E-state index in [0.29, 0.717) is 5.56 Å². The molecule has 0 radical (unpaired) electrons. The molecule has 2 fully saturated rings. The van der Waals surface area contributed by atoms with Crippen LogP contribution in [0.15, 0.2) is 6.20 Å². The van der Waals surface area contributed by atoms with E-state index in [0.717, 1.165) is 30.8 Å². The molecule has 6 heteroatoms. The summed E-state index contributed by atoms with van der Waals surface area (Å²) in [4.78, 5) is 25.3. The first-order valence-corrected chi connectivity index (χ1v) is 9.22. The summed E-state index contributed by atoms with van der Waals surface area (Å²) >= 11 is 2.07. The Balaban J connectivity index is 1.61. The minimum absolute atomic E-state index is 0.0331. The van der Waals surface area contributed by atoms with Crippen molar-refractivity contribution < 1.29 is 4.79 Å². The minimum atomic E-state index is 0.0331. The van der Waals surface area contributed by atoms with Crippen molar-refractivity contribution in [2.75, 3.05) is 42.6 Å². The Kier molecular flexibility index (Phi) is 4.98. The molecule has 3 heterocycles. The van der Waals surface area contributed by atoms with Crippen molar-refractivity contribution in [3.05, 3.63) is 17.5 Å². The number of aryl methyl sites for hydroxylation is 1. The maximum Gasteiger partial charge on any atom is 0.225 e. The minimum Gasteiger partial charge on any atom is -0.341 e. The first-order valence-electron chi connectivity index (χ1n) is 8.06. The average molecular weight is 320 g/mol. The number of anilines is 1. The van der Waals surface area contributed by atoms with E-state index in [-0.39, 0.29) is 5.78 Å². The Morgan fingerprint density at radius 3 is 2.50 bits per heavy atom. The summed E-state index contributed by atoms with van der Waals surface area (Å²) in [5.74, 6) is 3.35. The van der Waals surface area contributed by atoms with Gasteiger partial charge in [0.1, 0.15) is 0 Å². The van der Waals surface area contributed by atoms with Crippen molar-refractivity contribution >= 4 is 23.5 Å². The zero-order chi connectivity index (χ0) is 15.5. The maximum atomic E-state index is 11.5. The predicted molar refractivity (Wildman–Crippen MR) is 90.9 cm³/mol. The summed E-state index contributed by atoms with van der Waals surface area (Å²) in [5.41, 5.74) is 1.41. The van der Waals surface area contributed by atoms with Crippen LogP contribution in [0.25, 0.3) is 0 Å². The molecule has 2 saturated heterocycles. The average Bonchev–Trinajstić information content (AvgIpc) is 2.55. The van der Waals surface area contributed by atoms with Gasteiger partial charge in [-0.3, -0.25) is 9.69 Å². The highest BCUT2D eigenvalue weighted by Crippen LogP contribution is 2.23. The Bertz CT molecular complexity index is 537. The number of carbonyl (C=O) groups excluding carboxylic acids is 1. The third-order valence-corrected chi connectivity index (χ3v) is 5.60. The van der Waals surface area contributed by atoms with Gasteiger partial charge in [0, 0.05) is 49.9 Å². The molecule has 2 aliphatic rings. The van der Waals surface area contributed by atoms with E-state index in [2.05, 4.69) is 31.5 Å². The van der Waals surface area contributed by atoms with E-state index >= 15 is 0 Å². The van der Waals surface area contributed by atoms with E-state index in [1.807, 2.05) is 6.92 Å². The Morgan fingerprint density at radius 2 is 1.91 bits per heavy atom. The second-order valence-electron chi connectivity index (χ2n) is 6.09. The second kappa shape index (κ2) is 6.96. The van der Waals surface area contributed by atoms with Gasteiger partial charge in [0.05, 0.1) is 11.3 Å². The van der Waals surface area contributed by atoms with Crippen LogP contribution in [-0.4, -0.2) is 64.4 Å². The summed E-state index contributed by atoms with van der Waals surface area (Å²) in [6.45, 7) is 7.94. The smallest absolute Gasteiger partial charge is 0.225 e. The highest BCUT2D eigenvalue weighted by atomic mass is 32.2. The van der Waals surface area contributed by atoms with Gasteiger partial charge in [0.2, 0.25) is 5.95 Å². The lowest BCUT2D eigenvalue weighted by molar-refractivity contribution is 0.101. The number of piperidine rings is 1. The number of aromatic nitrogens is 2. The van der Waals surface area contributed by atoms with Gasteiger partial charge < -0.3 is 4.90 Å². The zero-order valence-corrected chi connectivity index (χ0v) is 14.2. The van der Waals surface area contributed by atoms with Gasteiger partial charge in [-0.15, -0.1) is 0 Å². The highest BCUT2D eigenvalue weighted by molar-refractivity contribution is 7.99. The summed E-state index contributed by atoms with van der Waals surface area (Å²) < 4.78 is 0. The third kappa shape index (κ3) is 3.43. The van der Waals surface area contributed by atoms with Crippen LogP contribution in [0.4, 0.5) is 5.95 Å². The van der Waals surface area contributed by atoms with Crippen LogP contribution in [0.3, 0.4) is 0 Å². The first-order chi connectivity index (χ1) is 10.6. The van der Waals surface area contributed by atoms with Gasteiger partial charge >= 0.3 is 0 Å². The molecule has 120 valence electrons. The summed E-state index contributed by atoms with van der Waals surface area (Å²) in [6, 6.07) is 0.717. The number of thioether (sulfide) groups is 1. The van der Waals surface area contributed by atoms with E-state index in [1.165, 1.54) is 37.4 Å². The molecule has 0 aromatic carbocycles. The molecule has 0 aliphatic carbocycles. The van der Waals surface area contributed by atoms with Crippen molar-refractivity contribution in [2.45, 2.75) is 32.7 Å². The van der Waals surface area contributed by atoms with Gasteiger partial charge in [-0.2, -0.15) is 11.8 Å². The van der Waals surface area contributed by atoms with Crippen LogP contribution in [-0.2, 0) is 0 Å². The molecule has 0 spiro atoms. The van der Waals surface area contributed by atoms with Crippen LogP contribution in [0.5, 0.6) is 0 Å². The molecule has 0 atom stereocenters. The van der Waals surface area contributed by atoms with Crippen molar-refractivity contribution in [1.82, 2.24) is 14.9 Å². The molecule has 1 aromatic rings. The second-order valence-corrected chi connectivity index (χ2v) is 7.32. The van der Waals surface area contributed by atoms with Crippen LogP contribution < -0.4 is 4.90 Å². The fourth-order valence-electron chi connectivity index (χ4n) is 3.33. The fraction of sp³-hybridized carbons (Fsp3) is 0.688. The summed E-state index contributed by atoms with van der Waals surface area (Å²) in [7, 11) is 0. The van der Waals surface area contributed by atoms with Gasteiger partial charge in [0.15, 0.2) is 5.78 Å². The number of carbonyl (C=O) groups is 1. The van der Waals surface area contributed by atoms with Crippen molar-refractivity contribution in [3.8, 4) is 0 Å². The van der Waals surface area contributed by atoms with E-state index in [9.17, 15) is 4.79 Å². The van der Waals surface area contributed by atoms with Crippen molar-refractivity contribution in [1.29, 1.82) is 0 Å². The monoisotopic (exact) mass is 320 g/mol. The first kappa shape index (κ1) is 15.7. The molecule has 3 rings (SSSR count). The van der Waals surface area contributed by atoms with Crippen molar-refractivity contribution in [2.24, 2.45) is 0 Å². The molecular formula is C16H24N4OS. The fourth-order valence-corrected chi connectivity index (χ4v) is 4.26. The normalized spacial score (nSPS) is 21.1. The topological polar surface area (TPSA) is 49.3 Å². The van der Waals surface area contributed by atoms with Crippen LogP contribution in [0.1, 0.15) is 35.8 Å². The molecule has 1 aromatic heterocycles. The summed E-state index contributed by atoms with van der Waals surface area (Å²) in [5, 5.41) is 0. The molecule has 0 unspecified atom stereocenters. The molecule has 0 amide bonds. The zero-order valence-electron chi connectivity index (χ0n) is 13.4. The molecule has 0 saturated carbocycles. The summed E-state index contributed by atoms with van der Waals surface area (Å²) in [6.07, 6.45) is 4.04. The standard InChI is InChI=1S/C16H24N4OS/c1-12-15(13(2)21)11-17-16(18-12)20-5-3-14(4-6-20)19-7-9-22-10-8-19/h11,14H,3-10H2,1-2H3. The number of nitrogens with zero attached hydrogens (tertiary/aromatic N) is 4. The number of rotatable bonds is 3. The van der Waals surface area contributed by atoms with Gasteiger partial charge in [-0.25, -0.2) is 9.97 Å². The SMILES string of the molecule is CC(=O)c1cnc(N2CCC(N3CCSCC3)CC2)nc1C. The highest BCUT2D eigenvalue weighted by Gasteiger charge is 2.26. The Hall–Kier alpha value is -1.14. The number of hydrogen-bond acceptors (Lipinski definition) is 6. The van der Waals surface area contributed by atoms with Gasteiger partial charge in [-0.1, -0.05) is 0 Å². The lowest BCUT2D eigenvalue weighted by Gasteiger charge is -2.40. The molecule has 22 heavy (non-hydrogen) atoms. The molecule has 0 bridgehead atoms. The quantitative estimate of drug-likeness (QED) is 0.794. The third-order valence-electron chi connectivity index (χ3n) is 4.66. The molecule has 5 nitrogen and oxygen atoms in total. The Labute approximate surface area is 136 Å². The van der Waals surface area contributed by atoms with E-state index in [4.69, 9.17) is 0 Å². The van der Waals surface area contributed by atoms with Crippen LogP contribution in [0.2, 0.25) is 0 Å². The predicted octanol–water partition coefficient (Wildman–Crippen LogP) is 2.01. The van der Waals surface area contributed by atoms with E-state index < -0.39 is 0 Å². The molecule has 2 aliphatic heterocycles. The lowest BCUT2D eigenvalue weighted by Crippen LogP contribution is -2.48. The largest absolute Gasteiger partial charge is 0.341 e. The Morgan fingerprint density at radius 1 is 1.23 bits per heavy atom.